The molecular weight excluding hydrogens is 382 g/mol. The molecule has 2 aromatic heterocycles. The van der Waals surface area contributed by atoms with E-state index in [1.54, 1.807) is 31.4 Å². The van der Waals surface area contributed by atoms with Gasteiger partial charge in [0, 0.05) is 0 Å². The van der Waals surface area contributed by atoms with E-state index in [4.69, 9.17) is 9.47 Å². The Balaban J connectivity index is 1.67. The molecule has 0 amide bonds. The van der Waals surface area contributed by atoms with Crippen molar-refractivity contribution in [1.29, 1.82) is 0 Å². The van der Waals surface area contributed by atoms with Gasteiger partial charge in [-0.3, -0.25) is 10.1 Å². The van der Waals surface area contributed by atoms with Gasteiger partial charge >= 0.3 is 11.6 Å². The molecule has 0 aliphatic rings. The quantitative estimate of drug-likeness (QED) is 0.374. The monoisotopic (exact) mass is 395 g/mol. The van der Waals surface area contributed by atoms with Crippen molar-refractivity contribution in [3.8, 4) is 17.4 Å². The molecule has 0 bridgehead atoms. The highest BCUT2D eigenvalue weighted by Gasteiger charge is 2.26. The highest BCUT2D eigenvalue weighted by molar-refractivity contribution is 7.22. The number of aromatic nitrogens is 3. The predicted octanol–water partition coefficient (Wildman–Crippen LogP) is 4.54. The van der Waals surface area contributed by atoms with E-state index in [9.17, 15) is 10.1 Å². The van der Waals surface area contributed by atoms with Crippen LogP contribution < -0.4 is 14.8 Å². The smallest absolute Gasteiger partial charge is 0.373 e. The molecule has 0 atom stereocenters. The maximum absolute atomic E-state index is 11.7. The molecule has 4 aromatic rings. The second kappa shape index (κ2) is 7.45. The van der Waals surface area contributed by atoms with E-state index >= 15 is 0 Å². The lowest BCUT2D eigenvalue weighted by Crippen LogP contribution is -2.03. The zero-order valence-electron chi connectivity index (χ0n) is 14.5. The molecule has 4 rings (SSSR count). The SMILES string of the molecule is COc1ccc(Oc2ncnc(Nc3nc4ccccc4s3)c2[N+](=O)[O-])cc1. The fourth-order valence-corrected chi connectivity index (χ4v) is 3.34. The maximum atomic E-state index is 11.7. The van der Waals surface area contributed by atoms with E-state index in [2.05, 4.69) is 20.3 Å². The summed E-state index contributed by atoms with van der Waals surface area (Å²) < 4.78 is 11.6. The first-order valence-corrected chi connectivity index (χ1v) is 8.89. The molecule has 28 heavy (non-hydrogen) atoms. The van der Waals surface area contributed by atoms with E-state index in [1.807, 2.05) is 24.3 Å². The minimum absolute atomic E-state index is 0.00238. The summed E-state index contributed by atoms with van der Waals surface area (Å²) in [5, 5.41) is 15.1. The third-order valence-corrected chi connectivity index (χ3v) is 4.72. The molecule has 0 spiro atoms. The van der Waals surface area contributed by atoms with E-state index in [0.717, 1.165) is 10.2 Å². The Morgan fingerprint density at radius 3 is 2.54 bits per heavy atom. The molecule has 0 aliphatic heterocycles. The van der Waals surface area contributed by atoms with Crippen LogP contribution in [0.2, 0.25) is 0 Å². The standard InChI is InChI=1S/C18H13N5O4S/c1-26-11-6-8-12(9-7-11)27-17-15(23(24)25)16(19-10-20-17)22-18-21-13-4-2-3-5-14(13)28-18/h2-10H,1H3,(H,19,20,21,22). The van der Waals surface area contributed by atoms with Crippen LogP contribution in [0.15, 0.2) is 54.9 Å². The summed E-state index contributed by atoms with van der Waals surface area (Å²) in [6.45, 7) is 0. The Morgan fingerprint density at radius 1 is 1.07 bits per heavy atom. The second-order valence-electron chi connectivity index (χ2n) is 5.52. The average molecular weight is 395 g/mol. The third-order valence-electron chi connectivity index (χ3n) is 3.76. The molecule has 0 aliphatic carbocycles. The number of rotatable bonds is 6. The molecule has 0 fully saturated rings. The molecule has 0 saturated carbocycles. The minimum atomic E-state index is -0.589. The van der Waals surface area contributed by atoms with Crippen molar-refractivity contribution in [3.63, 3.8) is 0 Å². The van der Waals surface area contributed by atoms with Crippen molar-refractivity contribution in [2.45, 2.75) is 0 Å². The van der Waals surface area contributed by atoms with Crippen molar-refractivity contribution in [2.75, 3.05) is 12.4 Å². The van der Waals surface area contributed by atoms with E-state index < -0.39 is 4.92 Å². The first-order chi connectivity index (χ1) is 13.6. The Kier molecular flexibility index (Phi) is 4.68. The number of nitro groups is 1. The predicted molar refractivity (Wildman–Crippen MR) is 105 cm³/mol. The zero-order chi connectivity index (χ0) is 19.5. The molecule has 10 heteroatoms. The maximum Gasteiger partial charge on any atom is 0.373 e. The summed E-state index contributed by atoms with van der Waals surface area (Å²) in [5.41, 5.74) is 0.416. The molecule has 9 nitrogen and oxygen atoms in total. The van der Waals surface area contributed by atoms with Crippen molar-refractivity contribution in [1.82, 2.24) is 15.0 Å². The number of nitrogens with zero attached hydrogens (tertiary/aromatic N) is 4. The Hall–Kier alpha value is -3.79. The fraction of sp³-hybridized carbons (Fsp3) is 0.0556. The van der Waals surface area contributed by atoms with Crippen molar-refractivity contribution >= 4 is 38.2 Å². The van der Waals surface area contributed by atoms with Gasteiger partial charge in [0.1, 0.15) is 17.8 Å². The van der Waals surface area contributed by atoms with Gasteiger partial charge in [-0.15, -0.1) is 0 Å². The molecule has 2 heterocycles. The van der Waals surface area contributed by atoms with Crippen molar-refractivity contribution < 1.29 is 14.4 Å². The van der Waals surface area contributed by atoms with Gasteiger partial charge in [0.2, 0.25) is 5.82 Å². The van der Waals surface area contributed by atoms with Gasteiger partial charge in [0.05, 0.1) is 22.2 Å². The molecule has 0 unspecified atom stereocenters. The number of anilines is 2. The van der Waals surface area contributed by atoms with E-state index in [0.29, 0.717) is 16.6 Å². The molecule has 0 saturated heterocycles. The third kappa shape index (κ3) is 3.53. The Morgan fingerprint density at radius 2 is 1.82 bits per heavy atom. The normalized spacial score (nSPS) is 10.6. The number of thiazole rings is 1. The van der Waals surface area contributed by atoms with Gasteiger partial charge in [-0.1, -0.05) is 23.5 Å². The number of hydrogen-bond donors (Lipinski definition) is 1. The molecular formula is C18H13N5O4S. The minimum Gasteiger partial charge on any atom is -0.497 e. The van der Waals surface area contributed by atoms with Crippen molar-refractivity contribution in [3.05, 3.63) is 65.0 Å². The second-order valence-corrected chi connectivity index (χ2v) is 6.55. The number of benzene rings is 2. The van der Waals surface area contributed by atoms with Crippen molar-refractivity contribution in [2.24, 2.45) is 0 Å². The number of hydrogen-bond acceptors (Lipinski definition) is 9. The summed E-state index contributed by atoms with van der Waals surface area (Å²) in [4.78, 5) is 23.4. The lowest BCUT2D eigenvalue weighted by atomic mass is 10.3. The lowest BCUT2D eigenvalue weighted by molar-refractivity contribution is -0.385. The van der Waals surface area contributed by atoms with Crippen LogP contribution in [-0.2, 0) is 0 Å². The average Bonchev–Trinajstić information content (AvgIpc) is 3.11. The van der Waals surface area contributed by atoms with E-state index in [1.165, 1.54) is 17.7 Å². The van der Waals surface area contributed by atoms with Crippen LogP contribution in [0.25, 0.3) is 10.2 Å². The Labute approximate surface area is 162 Å². The molecule has 140 valence electrons. The van der Waals surface area contributed by atoms with Crippen LogP contribution in [-0.4, -0.2) is 27.0 Å². The first kappa shape index (κ1) is 17.6. The van der Waals surface area contributed by atoms with Crippen LogP contribution in [0, 0.1) is 10.1 Å². The summed E-state index contributed by atoms with van der Waals surface area (Å²) in [7, 11) is 1.55. The summed E-state index contributed by atoms with van der Waals surface area (Å²) in [6.07, 6.45) is 1.20. The van der Waals surface area contributed by atoms with Crippen LogP contribution >= 0.6 is 11.3 Å². The first-order valence-electron chi connectivity index (χ1n) is 8.08. The summed E-state index contributed by atoms with van der Waals surface area (Å²) in [5.74, 6) is 0.854. The number of fused-ring (bicyclic) bond motifs is 1. The highest BCUT2D eigenvalue weighted by Crippen LogP contribution is 2.37. The largest absolute Gasteiger partial charge is 0.497 e. The summed E-state index contributed by atoms with van der Waals surface area (Å²) >= 11 is 1.37. The van der Waals surface area contributed by atoms with Gasteiger partial charge in [0.25, 0.3) is 0 Å². The topological polar surface area (TPSA) is 112 Å². The Bertz CT molecular complexity index is 1110. The van der Waals surface area contributed by atoms with Crippen LogP contribution in [0.1, 0.15) is 0 Å². The van der Waals surface area contributed by atoms with Gasteiger partial charge in [-0.2, -0.15) is 4.98 Å². The van der Waals surface area contributed by atoms with Crippen LogP contribution in [0.4, 0.5) is 16.6 Å². The van der Waals surface area contributed by atoms with Crippen LogP contribution in [0.5, 0.6) is 17.4 Å². The number of nitrogens with one attached hydrogen (secondary N) is 1. The zero-order valence-corrected chi connectivity index (χ0v) is 15.3. The number of para-hydroxylation sites is 1. The lowest BCUT2D eigenvalue weighted by Gasteiger charge is -2.08. The van der Waals surface area contributed by atoms with Gasteiger partial charge in [-0.25, -0.2) is 9.97 Å². The number of methoxy groups -OCH3 is 1. The fourth-order valence-electron chi connectivity index (χ4n) is 2.48. The summed E-state index contributed by atoms with van der Waals surface area (Å²) in [6, 6.07) is 14.2. The number of ether oxygens (including phenoxy) is 2. The van der Waals surface area contributed by atoms with Gasteiger partial charge < -0.3 is 14.8 Å². The van der Waals surface area contributed by atoms with Gasteiger partial charge in [-0.05, 0) is 36.4 Å². The molecule has 1 N–H and O–H groups in total. The van der Waals surface area contributed by atoms with E-state index in [-0.39, 0.29) is 17.4 Å². The highest BCUT2D eigenvalue weighted by atomic mass is 32.1. The van der Waals surface area contributed by atoms with Gasteiger partial charge in [0.15, 0.2) is 5.13 Å². The molecule has 0 radical (unpaired) electrons. The van der Waals surface area contributed by atoms with Crippen LogP contribution in [0.3, 0.4) is 0 Å². The molecule has 2 aromatic carbocycles.